The van der Waals surface area contributed by atoms with Crippen LogP contribution in [-0.2, 0) is 11.2 Å². The third-order valence-corrected chi connectivity index (χ3v) is 5.73. The molecule has 26 heavy (non-hydrogen) atoms. The summed E-state index contributed by atoms with van der Waals surface area (Å²) in [7, 11) is 0. The number of halogens is 1. The van der Waals surface area contributed by atoms with Crippen molar-refractivity contribution in [3.05, 3.63) is 53.6 Å². The van der Waals surface area contributed by atoms with Crippen molar-refractivity contribution in [2.45, 2.75) is 37.7 Å². The fraction of sp³-hybridized carbons (Fsp3) is 0.500. The van der Waals surface area contributed by atoms with Crippen molar-refractivity contribution in [3.63, 3.8) is 0 Å². The van der Waals surface area contributed by atoms with Gasteiger partial charge in [0.15, 0.2) is 0 Å². The predicted octanol–water partition coefficient (Wildman–Crippen LogP) is 3.19. The van der Waals surface area contributed by atoms with Crippen molar-refractivity contribution < 1.29 is 13.9 Å². The van der Waals surface area contributed by atoms with E-state index >= 15 is 0 Å². The van der Waals surface area contributed by atoms with Crippen LogP contribution < -0.4 is 0 Å². The van der Waals surface area contributed by atoms with Crippen LogP contribution in [0.4, 0.5) is 4.39 Å². The molecule has 6 heteroatoms. The first-order valence-corrected chi connectivity index (χ1v) is 9.31. The number of amides is 1. The molecule has 4 rings (SSSR count). The highest BCUT2D eigenvalue weighted by Gasteiger charge is 2.41. The minimum atomic E-state index is -0.188. The van der Waals surface area contributed by atoms with Gasteiger partial charge in [-0.05, 0) is 61.8 Å². The van der Waals surface area contributed by atoms with Crippen molar-refractivity contribution in [1.82, 2.24) is 15.1 Å². The van der Waals surface area contributed by atoms with Gasteiger partial charge in [0.05, 0.1) is 5.60 Å². The summed E-state index contributed by atoms with van der Waals surface area (Å²) in [6.07, 6.45) is 6.34. The van der Waals surface area contributed by atoms with E-state index in [9.17, 15) is 9.18 Å². The van der Waals surface area contributed by atoms with Gasteiger partial charge in [-0.2, -0.15) is 5.10 Å². The zero-order valence-electron chi connectivity index (χ0n) is 14.8. The lowest BCUT2D eigenvalue weighted by Gasteiger charge is -2.46. The molecule has 2 aliphatic rings. The van der Waals surface area contributed by atoms with Crippen molar-refractivity contribution in [2.75, 3.05) is 19.7 Å². The summed E-state index contributed by atoms with van der Waals surface area (Å²) in [6.45, 7) is 2.18. The number of carbonyl (C=O) groups excluding carboxylic acids is 1. The smallest absolute Gasteiger partial charge is 0.271 e. The highest BCUT2D eigenvalue weighted by atomic mass is 19.1. The molecule has 2 saturated heterocycles. The maximum absolute atomic E-state index is 13.1. The van der Waals surface area contributed by atoms with Crippen molar-refractivity contribution in [1.29, 1.82) is 0 Å². The van der Waals surface area contributed by atoms with Gasteiger partial charge in [-0.1, -0.05) is 12.1 Å². The van der Waals surface area contributed by atoms with E-state index in [0.29, 0.717) is 24.7 Å². The van der Waals surface area contributed by atoms with E-state index in [1.54, 1.807) is 12.3 Å². The number of H-pyrrole nitrogens is 1. The molecule has 2 aliphatic heterocycles. The normalized spacial score (nSPS) is 22.5. The van der Waals surface area contributed by atoms with E-state index in [-0.39, 0.29) is 17.3 Å². The molecule has 0 radical (unpaired) electrons. The van der Waals surface area contributed by atoms with Crippen LogP contribution in [0.25, 0.3) is 0 Å². The molecule has 138 valence electrons. The summed E-state index contributed by atoms with van der Waals surface area (Å²) in [5.74, 6) is 0.367. The van der Waals surface area contributed by atoms with E-state index in [0.717, 1.165) is 38.7 Å². The number of piperidine rings is 1. The van der Waals surface area contributed by atoms with Gasteiger partial charge in [0.1, 0.15) is 11.5 Å². The second-order valence-electron chi connectivity index (χ2n) is 7.48. The van der Waals surface area contributed by atoms with E-state index in [1.807, 2.05) is 17.0 Å². The van der Waals surface area contributed by atoms with Gasteiger partial charge in [0, 0.05) is 25.9 Å². The number of likely N-dealkylation sites (tertiary alicyclic amines) is 1. The Kier molecular flexibility index (Phi) is 4.76. The molecular weight excluding hydrogens is 333 g/mol. The largest absolute Gasteiger partial charge is 0.375 e. The SMILES string of the molecule is O=C(c1ccn[nH]1)N1CCC2(CC1)CC(Cc1ccc(F)cc1)CCO2. The monoisotopic (exact) mass is 357 g/mol. The van der Waals surface area contributed by atoms with E-state index in [4.69, 9.17) is 4.74 Å². The van der Waals surface area contributed by atoms with E-state index in [2.05, 4.69) is 10.2 Å². The number of hydrogen-bond acceptors (Lipinski definition) is 3. The number of aromatic amines is 1. The Morgan fingerprint density at radius 3 is 2.73 bits per heavy atom. The summed E-state index contributed by atoms with van der Waals surface area (Å²) in [5.41, 5.74) is 1.60. The molecule has 0 bridgehead atoms. The Hall–Kier alpha value is -2.21. The molecule has 1 amide bonds. The van der Waals surface area contributed by atoms with Crippen LogP contribution in [-0.4, -0.2) is 46.3 Å². The van der Waals surface area contributed by atoms with Gasteiger partial charge in [-0.3, -0.25) is 9.89 Å². The fourth-order valence-corrected chi connectivity index (χ4v) is 4.27. The molecular formula is C20H24FN3O2. The average Bonchev–Trinajstić information content (AvgIpc) is 3.19. The van der Waals surface area contributed by atoms with Gasteiger partial charge in [-0.25, -0.2) is 4.39 Å². The Bertz CT molecular complexity index is 737. The summed E-state index contributed by atoms with van der Waals surface area (Å²) >= 11 is 0. The highest BCUT2D eigenvalue weighted by Crippen LogP contribution is 2.39. The second-order valence-corrected chi connectivity index (χ2v) is 7.48. The molecule has 1 N–H and O–H groups in total. The number of nitrogens with one attached hydrogen (secondary N) is 1. The quantitative estimate of drug-likeness (QED) is 0.918. The lowest BCUT2D eigenvalue weighted by Crippen LogP contribution is -2.51. The number of ether oxygens (including phenoxy) is 1. The zero-order valence-corrected chi connectivity index (χ0v) is 14.8. The van der Waals surface area contributed by atoms with Crippen LogP contribution in [0.2, 0.25) is 0 Å². The van der Waals surface area contributed by atoms with Crippen molar-refractivity contribution in [3.8, 4) is 0 Å². The Labute approximate surface area is 152 Å². The van der Waals surface area contributed by atoms with Crippen LogP contribution in [0.1, 0.15) is 41.7 Å². The maximum atomic E-state index is 13.1. The molecule has 1 atom stereocenters. The molecule has 1 unspecified atom stereocenters. The maximum Gasteiger partial charge on any atom is 0.271 e. The minimum absolute atomic E-state index is 0.0102. The predicted molar refractivity (Wildman–Crippen MR) is 95.2 cm³/mol. The number of carbonyl (C=O) groups is 1. The van der Waals surface area contributed by atoms with Crippen LogP contribution in [0.5, 0.6) is 0 Å². The average molecular weight is 357 g/mol. The number of aromatic nitrogens is 2. The first-order valence-electron chi connectivity index (χ1n) is 9.31. The highest BCUT2D eigenvalue weighted by molar-refractivity contribution is 5.92. The first kappa shape index (κ1) is 17.2. The van der Waals surface area contributed by atoms with Crippen LogP contribution >= 0.6 is 0 Å². The lowest BCUT2D eigenvalue weighted by atomic mass is 9.77. The molecule has 3 heterocycles. The fourth-order valence-electron chi connectivity index (χ4n) is 4.27. The molecule has 5 nitrogen and oxygen atoms in total. The number of hydrogen-bond donors (Lipinski definition) is 1. The van der Waals surface area contributed by atoms with Crippen molar-refractivity contribution in [2.24, 2.45) is 5.92 Å². The Morgan fingerprint density at radius 2 is 2.04 bits per heavy atom. The number of benzene rings is 1. The summed E-state index contributed by atoms with van der Waals surface area (Å²) in [6, 6.07) is 8.53. The lowest BCUT2D eigenvalue weighted by molar-refractivity contribution is -0.123. The third kappa shape index (κ3) is 3.65. The molecule has 2 aromatic rings. The van der Waals surface area contributed by atoms with Crippen molar-refractivity contribution >= 4 is 5.91 Å². The van der Waals surface area contributed by atoms with Crippen LogP contribution in [0.15, 0.2) is 36.5 Å². The van der Waals surface area contributed by atoms with E-state index < -0.39 is 0 Å². The molecule has 0 saturated carbocycles. The number of rotatable bonds is 3. The van der Waals surface area contributed by atoms with Gasteiger partial charge < -0.3 is 9.64 Å². The summed E-state index contributed by atoms with van der Waals surface area (Å²) in [4.78, 5) is 14.3. The van der Waals surface area contributed by atoms with Gasteiger partial charge >= 0.3 is 0 Å². The Balaban J connectivity index is 1.35. The molecule has 1 aromatic carbocycles. The standard InChI is InChI=1S/C20H24FN3O2/c21-17-3-1-15(2-4-17)13-16-6-12-26-20(14-16)7-10-24(11-8-20)19(25)18-5-9-22-23-18/h1-5,9,16H,6-8,10-14H2,(H,22,23). The topological polar surface area (TPSA) is 58.2 Å². The van der Waals surface area contributed by atoms with E-state index in [1.165, 1.54) is 17.7 Å². The first-order chi connectivity index (χ1) is 12.6. The van der Waals surface area contributed by atoms with Gasteiger partial charge in [-0.15, -0.1) is 0 Å². The Morgan fingerprint density at radius 1 is 1.27 bits per heavy atom. The van der Waals surface area contributed by atoms with Crippen LogP contribution in [0.3, 0.4) is 0 Å². The molecule has 1 aromatic heterocycles. The third-order valence-electron chi connectivity index (χ3n) is 5.73. The molecule has 2 fully saturated rings. The zero-order chi connectivity index (χ0) is 18.0. The second kappa shape index (κ2) is 7.19. The number of nitrogens with zero attached hydrogens (tertiary/aromatic N) is 2. The summed E-state index contributed by atoms with van der Waals surface area (Å²) in [5, 5.41) is 6.60. The summed E-state index contributed by atoms with van der Waals surface area (Å²) < 4.78 is 19.3. The minimum Gasteiger partial charge on any atom is -0.375 e. The molecule has 1 spiro atoms. The van der Waals surface area contributed by atoms with Gasteiger partial charge in [0.25, 0.3) is 5.91 Å². The molecule has 0 aliphatic carbocycles. The van der Waals surface area contributed by atoms with Crippen LogP contribution in [0, 0.1) is 11.7 Å². The van der Waals surface area contributed by atoms with Gasteiger partial charge in [0.2, 0.25) is 0 Å².